The van der Waals surface area contributed by atoms with Gasteiger partial charge in [-0.15, -0.1) is 11.3 Å². The summed E-state index contributed by atoms with van der Waals surface area (Å²) in [7, 11) is 0. The molecule has 0 aromatic carbocycles. The smallest absolute Gasteiger partial charge is 0.328 e. The Balaban J connectivity index is 1.94. The van der Waals surface area contributed by atoms with Crippen molar-refractivity contribution in [1.29, 1.82) is 0 Å². The van der Waals surface area contributed by atoms with Gasteiger partial charge in [0.1, 0.15) is 0 Å². The Morgan fingerprint density at radius 2 is 2.44 bits per heavy atom. The van der Waals surface area contributed by atoms with Crippen LogP contribution in [0, 0.1) is 6.92 Å². The van der Waals surface area contributed by atoms with Gasteiger partial charge in [-0.2, -0.15) is 4.98 Å². The molecule has 2 aromatic rings. The van der Waals surface area contributed by atoms with Crippen molar-refractivity contribution in [3.8, 4) is 0 Å². The highest BCUT2D eigenvalue weighted by Gasteiger charge is 2.10. The summed E-state index contributed by atoms with van der Waals surface area (Å²) in [5.41, 5.74) is 6.07. The number of hydrogen-bond donors (Lipinski definition) is 2. The average molecular weight is 239 g/mol. The summed E-state index contributed by atoms with van der Waals surface area (Å²) in [6.07, 6.45) is 0.134. The minimum Gasteiger partial charge on any atom is -0.375 e. The number of nitrogens with one attached hydrogen (secondary N) is 1. The summed E-state index contributed by atoms with van der Waals surface area (Å²) in [5, 5.41) is 8.18. The van der Waals surface area contributed by atoms with Crippen molar-refractivity contribution in [2.45, 2.75) is 13.3 Å². The summed E-state index contributed by atoms with van der Waals surface area (Å²) >= 11 is 1.29. The topological polar surface area (TPSA) is 107 Å². The maximum Gasteiger partial charge on any atom is 0.328 e. The third-order valence-corrected chi connectivity index (χ3v) is 2.41. The minimum absolute atomic E-state index is 0.0886. The molecule has 16 heavy (non-hydrogen) atoms. The molecule has 0 saturated heterocycles. The number of nitrogens with zero attached hydrogens (tertiary/aromatic N) is 3. The number of aromatic nitrogens is 3. The molecule has 3 N–H and O–H groups in total. The van der Waals surface area contributed by atoms with Gasteiger partial charge in [0.15, 0.2) is 11.0 Å². The van der Waals surface area contributed by atoms with Crippen molar-refractivity contribution in [3.05, 3.63) is 16.9 Å². The molecule has 0 radical (unpaired) electrons. The summed E-state index contributed by atoms with van der Waals surface area (Å²) in [5.74, 6) is 0.196. The predicted molar refractivity (Wildman–Crippen MR) is 57.9 cm³/mol. The number of nitrogen functional groups attached to an aromatic ring is 1. The lowest BCUT2D eigenvalue weighted by atomic mass is 10.3. The zero-order chi connectivity index (χ0) is 11.5. The molecule has 1 amide bonds. The Morgan fingerprint density at radius 1 is 1.62 bits per heavy atom. The molecule has 0 aliphatic heterocycles. The number of carbonyl (C=O) groups excluding carboxylic acids is 1. The summed E-state index contributed by atoms with van der Waals surface area (Å²) in [6, 6.07) is 0.0886. The summed E-state index contributed by atoms with van der Waals surface area (Å²) in [6.45, 7) is 1.67. The van der Waals surface area contributed by atoms with E-state index in [4.69, 9.17) is 10.3 Å². The first-order valence-electron chi connectivity index (χ1n) is 4.43. The van der Waals surface area contributed by atoms with Crippen molar-refractivity contribution in [2.24, 2.45) is 0 Å². The SMILES string of the molecule is Cc1noc(NC(=O)Cc2csc(N)n2)n1. The van der Waals surface area contributed by atoms with Crippen LogP contribution in [0.4, 0.5) is 11.1 Å². The number of hydrogen-bond acceptors (Lipinski definition) is 7. The van der Waals surface area contributed by atoms with Crippen LogP contribution in [0.15, 0.2) is 9.90 Å². The zero-order valence-corrected chi connectivity index (χ0v) is 9.24. The number of nitrogens with two attached hydrogens (primary N) is 1. The van der Waals surface area contributed by atoms with Crippen LogP contribution in [0.5, 0.6) is 0 Å². The van der Waals surface area contributed by atoms with Gasteiger partial charge in [0.2, 0.25) is 5.91 Å². The van der Waals surface area contributed by atoms with Crippen molar-refractivity contribution in [3.63, 3.8) is 0 Å². The van der Waals surface area contributed by atoms with Crippen LogP contribution in [0.3, 0.4) is 0 Å². The third kappa shape index (κ3) is 2.54. The minimum atomic E-state index is -0.269. The van der Waals surface area contributed by atoms with Crippen LogP contribution in [0.2, 0.25) is 0 Å². The first kappa shape index (κ1) is 10.6. The standard InChI is InChI=1S/C8H9N5O2S/c1-4-10-8(15-13-4)12-6(14)2-5-3-16-7(9)11-5/h3H,2H2,1H3,(H2,9,11)(H,10,12,13,14). The van der Waals surface area contributed by atoms with E-state index < -0.39 is 0 Å². The second kappa shape index (κ2) is 4.27. The summed E-state index contributed by atoms with van der Waals surface area (Å²) in [4.78, 5) is 19.3. The van der Waals surface area contributed by atoms with E-state index in [-0.39, 0.29) is 18.3 Å². The van der Waals surface area contributed by atoms with Gasteiger partial charge < -0.3 is 10.3 Å². The maximum absolute atomic E-state index is 11.5. The lowest BCUT2D eigenvalue weighted by molar-refractivity contribution is -0.115. The van der Waals surface area contributed by atoms with E-state index in [2.05, 4.69) is 20.4 Å². The molecular formula is C8H9N5O2S. The van der Waals surface area contributed by atoms with Crippen molar-refractivity contribution in [2.75, 3.05) is 11.1 Å². The Labute approximate surface area is 94.7 Å². The Kier molecular flexibility index (Phi) is 2.82. The average Bonchev–Trinajstić information content (AvgIpc) is 2.76. The van der Waals surface area contributed by atoms with E-state index in [9.17, 15) is 4.79 Å². The maximum atomic E-state index is 11.5. The number of aryl methyl sites for hydroxylation is 1. The molecule has 0 atom stereocenters. The monoisotopic (exact) mass is 239 g/mol. The normalized spacial score (nSPS) is 10.3. The molecule has 8 heteroatoms. The zero-order valence-electron chi connectivity index (χ0n) is 8.43. The molecule has 2 aromatic heterocycles. The van der Waals surface area contributed by atoms with Gasteiger partial charge in [0.05, 0.1) is 12.1 Å². The molecule has 0 aliphatic rings. The van der Waals surface area contributed by atoms with Crippen LogP contribution >= 0.6 is 11.3 Å². The third-order valence-electron chi connectivity index (χ3n) is 1.69. The molecule has 0 aliphatic carbocycles. The predicted octanol–water partition coefficient (Wildman–Crippen LogP) is 0.598. The lowest BCUT2D eigenvalue weighted by Crippen LogP contribution is -2.14. The second-order valence-corrected chi connectivity index (χ2v) is 3.94. The van der Waals surface area contributed by atoms with Crippen LogP contribution < -0.4 is 11.1 Å². The molecule has 0 bridgehead atoms. The van der Waals surface area contributed by atoms with Crippen LogP contribution in [0.25, 0.3) is 0 Å². The molecule has 0 spiro atoms. The van der Waals surface area contributed by atoms with E-state index in [1.807, 2.05) is 0 Å². The highest BCUT2D eigenvalue weighted by Crippen LogP contribution is 2.12. The highest BCUT2D eigenvalue weighted by atomic mass is 32.1. The van der Waals surface area contributed by atoms with Gasteiger partial charge in [0, 0.05) is 5.38 Å². The molecule has 7 nitrogen and oxygen atoms in total. The van der Waals surface area contributed by atoms with Gasteiger partial charge in [0.25, 0.3) is 0 Å². The number of carbonyl (C=O) groups is 1. The van der Waals surface area contributed by atoms with Crippen molar-refractivity contribution in [1.82, 2.24) is 15.1 Å². The fraction of sp³-hybridized carbons (Fsp3) is 0.250. The van der Waals surface area contributed by atoms with E-state index in [0.717, 1.165) is 0 Å². The van der Waals surface area contributed by atoms with Crippen LogP contribution in [-0.4, -0.2) is 21.0 Å². The van der Waals surface area contributed by atoms with Gasteiger partial charge in [-0.25, -0.2) is 4.98 Å². The quantitative estimate of drug-likeness (QED) is 0.812. The van der Waals surface area contributed by atoms with Crippen LogP contribution in [-0.2, 0) is 11.2 Å². The summed E-state index contributed by atoms with van der Waals surface area (Å²) < 4.78 is 4.74. The Bertz CT molecular complexity index is 462. The van der Waals surface area contributed by atoms with Gasteiger partial charge >= 0.3 is 6.01 Å². The molecular weight excluding hydrogens is 230 g/mol. The Hall–Kier alpha value is -1.96. The van der Waals surface area contributed by atoms with Crippen molar-refractivity contribution < 1.29 is 9.32 Å². The molecule has 0 saturated carbocycles. The lowest BCUT2D eigenvalue weighted by Gasteiger charge is -1.96. The fourth-order valence-corrected chi connectivity index (χ4v) is 1.64. The highest BCUT2D eigenvalue weighted by molar-refractivity contribution is 7.13. The number of thiazole rings is 1. The first-order valence-corrected chi connectivity index (χ1v) is 5.31. The van der Waals surface area contributed by atoms with Gasteiger partial charge in [-0.1, -0.05) is 5.16 Å². The molecule has 84 valence electrons. The first-order chi connectivity index (χ1) is 7.63. The van der Waals surface area contributed by atoms with Gasteiger partial charge in [-0.05, 0) is 6.92 Å². The number of rotatable bonds is 3. The van der Waals surface area contributed by atoms with E-state index in [1.54, 1.807) is 12.3 Å². The fourth-order valence-electron chi connectivity index (χ4n) is 1.08. The van der Waals surface area contributed by atoms with E-state index in [1.165, 1.54) is 11.3 Å². The second-order valence-electron chi connectivity index (χ2n) is 3.05. The van der Waals surface area contributed by atoms with E-state index in [0.29, 0.717) is 16.6 Å². The van der Waals surface area contributed by atoms with Gasteiger partial charge in [-0.3, -0.25) is 10.1 Å². The van der Waals surface area contributed by atoms with Crippen molar-refractivity contribution >= 4 is 28.4 Å². The number of anilines is 2. The van der Waals surface area contributed by atoms with E-state index >= 15 is 0 Å². The Morgan fingerprint density at radius 3 is 3.00 bits per heavy atom. The largest absolute Gasteiger partial charge is 0.375 e. The van der Waals surface area contributed by atoms with Crippen LogP contribution in [0.1, 0.15) is 11.5 Å². The molecule has 2 rings (SSSR count). The number of amides is 1. The molecule has 2 heterocycles. The molecule has 0 fully saturated rings. The molecule has 0 unspecified atom stereocenters.